The molecule has 8 heteroatoms. The van der Waals surface area contributed by atoms with Crippen LogP contribution in [-0.4, -0.2) is 51.2 Å². The van der Waals surface area contributed by atoms with E-state index < -0.39 is 0 Å². The van der Waals surface area contributed by atoms with Crippen LogP contribution in [0.2, 0.25) is 0 Å². The van der Waals surface area contributed by atoms with Crippen molar-refractivity contribution in [2.24, 2.45) is 0 Å². The number of carbonyl (C=O) groups is 1. The third kappa shape index (κ3) is 4.60. The third-order valence-corrected chi connectivity index (χ3v) is 6.76. The number of hydrogen-bond acceptors (Lipinski definition) is 6. The molecule has 0 aliphatic carbocycles. The largest absolute Gasteiger partial charge is 0.454 e. The molecule has 0 N–H and O–H groups in total. The molecule has 0 spiro atoms. The highest BCUT2D eigenvalue weighted by atomic mass is 32.2. The zero-order chi connectivity index (χ0) is 21.8. The predicted octanol–water partition coefficient (Wildman–Crippen LogP) is 4.22. The maximum Gasteiger partial charge on any atom is 0.233 e. The number of fused-ring (bicyclic) bond motifs is 1. The van der Waals surface area contributed by atoms with Crippen LogP contribution in [0.25, 0.3) is 11.4 Å². The van der Waals surface area contributed by atoms with Gasteiger partial charge >= 0.3 is 0 Å². The van der Waals surface area contributed by atoms with Crippen molar-refractivity contribution in [3.63, 3.8) is 0 Å². The van der Waals surface area contributed by atoms with Crippen LogP contribution < -0.4 is 9.47 Å². The summed E-state index contributed by atoms with van der Waals surface area (Å²) in [7, 11) is 0. The Kier molecular flexibility index (Phi) is 6.29. The van der Waals surface area contributed by atoms with E-state index in [1.54, 1.807) is 0 Å². The second kappa shape index (κ2) is 9.65. The van der Waals surface area contributed by atoms with Crippen molar-refractivity contribution in [3.05, 3.63) is 54.1 Å². The SMILES string of the molecule is O=C(CSc1nnc(-c2ccccc2)n1Cc1ccc2c(c1)OCO2)N1CCCCCC1. The molecule has 0 atom stereocenters. The summed E-state index contributed by atoms with van der Waals surface area (Å²) in [5.74, 6) is 2.85. The van der Waals surface area contributed by atoms with Crippen molar-refractivity contribution < 1.29 is 14.3 Å². The maximum atomic E-state index is 12.8. The van der Waals surface area contributed by atoms with Gasteiger partial charge in [-0.3, -0.25) is 9.36 Å². The van der Waals surface area contributed by atoms with Gasteiger partial charge in [-0.05, 0) is 30.5 Å². The summed E-state index contributed by atoms with van der Waals surface area (Å²) >= 11 is 1.46. The molecule has 2 aromatic carbocycles. The minimum absolute atomic E-state index is 0.177. The fraction of sp³-hybridized carbons (Fsp3) is 0.375. The number of rotatable bonds is 6. The van der Waals surface area contributed by atoms with Gasteiger partial charge < -0.3 is 14.4 Å². The van der Waals surface area contributed by atoms with Crippen molar-refractivity contribution >= 4 is 17.7 Å². The monoisotopic (exact) mass is 450 g/mol. The molecule has 3 heterocycles. The molecule has 1 amide bonds. The number of nitrogens with zero attached hydrogens (tertiary/aromatic N) is 4. The van der Waals surface area contributed by atoms with Gasteiger partial charge in [0.2, 0.25) is 12.7 Å². The fourth-order valence-corrected chi connectivity index (χ4v) is 4.94. The molecule has 1 saturated heterocycles. The van der Waals surface area contributed by atoms with E-state index in [2.05, 4.69) is 14.8 Å². The number of ether oxygens (including phenoxy) is 2. The Morgan fingerprint density at radius 2 is 1.72 bits per heavy atom. The van der Waals surface area contributed by atoms with Crippen molar-refractivity contribution in [1.82, 2.24) is 19.7 Å². The average Bonchev–Trinajstić information content (AvgIpc) is 3.35. The van der Waals surface area contributed by atoms with Gasteiger partial charge in [0.1, 0.15) is 0 Å². The van der Waals surface area contributed by atoms with E-state index in [1.807, 2.05) is 53.4 Å². The van der Waals surface area contributed by atoms with Gasteiger partial charge in [-0.15, -0.1) is 10.2 Å². The highest BCUT2D eigenvalue weighted by Crippen LogP contribution is 2.33. The molecule has 0 saturated carbocycles. The Bertz CT molecular complexity index is 1080. The molecule has 166 valence electrons. The molecular formula is C24H26N4O3S. The maximum absolute atomic E-state index is 12.8. The first-order valence-electron chi connectivity index (χ1n) is 11.1. The minimum Gasteiger partial charge on any atom is -0.454 e. The first-order chi connectivity index (χ1) is 15.8. The van der Waals surface area contributed by atoms with Gasteiger partial charge in [0.15, 0.2) is 22.5 Å². The smallest absolute Gasteiger partial charge is 0.233 e. The van der Waals surface area contributed by atoms with E-state index >= 15 is 0 Å². The number of likely N-dealkylation sites (tertiary alicyclic amines) is 1. The third-order valence-electron chi connectivity index (χ3n) is 5.81. The van der Waals surface area contributed by atoms with Crippen molar-refractivity contribution in [2.75, 3.05) is 25.6 Å². The lowest BCUT2D eigenvalue weighted by Crippen LogP contribution is -2.33. The lowest BCUT2D eigenvalue weighted by Gasteiger charge is -2.20. The zero-order valence-corrected chi connectivity index (χ0v) is 18.7. The Hall–Kier alpha value is -3.00. The Morgan fingerprint density at radius 3 is 2.53 bits per heavy atom. The topological polar surface area (TPSA) is 69.5 Å². The fourth-order valence-electron chi connectivity index (χ4n) is 4.10. The average molecular weight is 451 g/mol. The highest BCUT2D eigenvalue weighted by Gasteiger charge is 2.20. The summed E-state index contributed by atoms with van der Waals surface area (Å²) in [4.78, 5) is 14.8. The second-order valence-electron chi connectivity index (χ2n) is 8.03. The second-order valence-corrected chi connectivity index (χ2v) is 8.97. The Morgan fingerprint density at radius 1 is 0.938 bits per heavy atom. The predicted molar refractivity (Wildman–Crippen MR) is 123 cm³/mol. The number of thioether (sulfide) groups is 1. The molecule has 32 heavy (non-hydrogen) atoms. The molecule has 0 bridgehead atoms. The summed E-state index contributed by atoms with van der Waals surface area (Å²) in [6.45, 7) is 2.55. The summed E-state index contributed by atoms with van der Waals surface area (Å²) < 4.78 is 13.1. The van der Waals surface area contributed by atoms with Crippen LogP contribution in [0.15, 0.2) is 53.7 Å². The summed E-state index contributed by atoms with van der Waals surface area (Å²) in [5, 5.41) is 9.66. The zero-order valence-electron chi connectivity index (χ0n) is 17.9. The van der Waals surface area contributed by atoms with E-state index in [9.17, 15) is 4.79 Å². The van der Waals surface area contributed by atoms with E-state index in [4.69, 9.17) is 9.47 Å². The van der Waals surface area contributed by atoms with E-state index in [1.165, 1.54) is 24.6 Å². The lowest BCUT2D eigenvalue weighted by atomic mass is 10.2. The molecule has 7 nitrogen and oxygen atoms in total. The number of hydrogen-bond donors (Lipinski definition) is 0. The quantitative estimate of drug-likeness (QED) is 0.524. The molecule has 0 unspecified atom stereocenters. The van der Waals surface area contributed by atoms with Crippen LogP contribution >= 0.6 is 11.8 Å². The molecule has 1 fully saturated rings. The van der Waals surface area contributed by atoms with Crippen molar-refractivity contribution in [1.29, 1.82) is 0 Å². The van der Waals surface area contributed by atoms with Gasteiger partial charge in [-0.25, -0.2) is 0 Å². The lowest BCUT2D eigenvalue weighted by molar-refractivity contribution is -0.128. The minimum atomic E-state index is 0.177. The summed E-state index contributed by atoms with van der Waals surface area (Å²) in [6.07, 6.45) is 4.60. The van der Waals surface area contributed by atoms with Crippen molar-refractivity contribution in [3.8, 4) is 22.9 Å². The van der Waals surface area contributed by atoms with Gasteiger partial charge in [0.25, 0.3) is 0 Å². The molecular weight excluding hydrogens is 424 g/mol. The van der Waals surface area contributed by atoms with E-state index in [-0.39, 0.29) is 12.7 Å². The number of amides is 1. The number of benzene rings is 2. The number of aromatic nitrogens is 3. The van der Waals surface area contributed by atoms with Crippen LogP contribution in [0.4, 0.5) is 0 Å². The van der Waals surface area contributed by atoms with Gasteiger partial charge in [-0.2, -0.15) is 0 Å². The standard InChI is InChI=1S/C24H26N4O3S/c29-22(27-12-6-1-2-7-13-27)16-32-24-26-25-23(19-8-4-3-5-9-19)28(24)15-18-10-11-20-21(14-18)31-17-30-20/h3-5,8-11,14H,1-2,6-7,12-13,15-17H2. The molecule has 3 aromatic rings. The summed E-state index contributed by atoms with van der Waals surface area (Å²) in [6, 6.07) is 16.0. The van der Waals surface area contributed by atoms with Gasteiger partial charge in [0.05, 0.1) is 12.3 Å². The molecule has 0 radical (unpaired) electrons. The Labute approximate surface area is 191 Å². The first-order valence-corrected chi connectivity index (χ1v) is 12.0. The Balaban J connectivity index is 1.38. The van der Waals surface area contributed by atoms with Gasteiger partial charge in [-0.1, -0.05) is 61.0 Å². The van der Waals surface area contributed by atoms with Crippen LogP contribution in [0, 0.1) is 0 Å². The van der Waals surface area contributed by atoms with E-state index in [0.29, 0.717) is 12.3 Å². The highest BCUT2D eigenvalue weighted by molar-refractivity contribution is 7.99. The van der Waals surface area contributed by atoms with Gasteiger partial charge in [0, 0.05) is 18.7 Å². The molecule has 2 aliphatic heterocycles. The molecule has 5 rings (SSSR count). The summed E-state index contributed by atoms with van der Waals surface area (Å²) in [5.41, 5.74) is 2.05. The molecule has 2 aliphatic rings. The normalized spacial score (nSPS) is 15.6. The van der Waals surface area contributed by atoms with Crippen molar-refractivity contribution in [2.45, 2.75) is 37.4 Å². The van der Waals surface area contributed by atoms with Crippen LogP contribution in [0.3, 0.4) is 0 Å². The van der Waals surface area contributed by atoms with E-state index in [0.717, 1.165) is 59.5 Å². The molecule has 1 aromatic heterocycles. The van der Waals surface area contributed by atoms with Crippen LogP contribution in [0.1, 0.15) is 31.2 Å². The van der Waals surface area contributed by atoms with Crippen LogP contribution in [0.5, 0.6) is 11.5 Å². The van der Waals surface area contributed by atoms with Crippen LogP contribution in [-0.2, 0) is 11.3 Å². The number of carbonyl (C=O) groups excluding carboxylic acids is 1. The first kappa shape index (κ1) is 20.9.